The summed E-state index contributed by atoms with van der Waals surface area (Å²) in [4.78, 5) is 0. The van der Waals surface area contributed by atoms with Gasteiger partial charge < -0.3 is 15.4 Å². The van der Waals surface area contributed by atoms with Crippen molar-refractivity contribution in [3.63, 3.8) is 0 Å². The molecule has 0 spiro atoms. The van der Waals surface area contributed by atoms with Gasteiger partial charge in [0.25, 0.3) is 0 Å². The summed E-state index contributed by atoms with van der Waals surface area (Å²) in [6.07, 6.45) is 2.20. The molecule has 0 saturated carbocycles. The first-order chi connectivity index (χ1) is 9.65. The van der Waals surface area contributed by atoms with Crippen LogP contribution in [0.2, 0.25) is 0 Å². The first-order valence-electron chi connectivity index (χ1n) is 6.40. The molecule has 0 bridgehead atoms. The van der Waals surface area contributed by atoms with Crippen LogP contribution in [0.1, 0.15) is 19.8 Å². The number of hydrazine groups is 1. The van der Waals surface area contributed by atoms with E-state index in [0.717, 1.165) is 30.8 Å². The molecule has 0 atom stereocenters. The van der Waals surface area contributed by atoms with Gasteiger partial charge in [-0.2, -0.15) is 0 Å². The van der Waals surface area contributed by atoms with E-state index >= 15 is 0 Å². The Kier molecular flexibility index (Phi) is 7.67. The number of ether oxygens (including phenoxy) is 1. The number of benzene rings is 1. The number of rotatable bonds is 5. The standard InChI is InChI=1S/C13H20N4OS2/c1-3-4-8-14-12(19)16-17-13(20)15-10-6-5-7-11(9-10)18-2/h5-7,9H,3-4,8H2,1-2H3,(H2,14,16,19)(H2,15,17,20). The zero-order valence-corrected chi connectivity index (χ0v) is 13.3. The molecular formula is C13H20N4OS2. The molecule has 0 aromatic heterocycles. The third-order valence-corrected chi connectivity index (χ3v) is 2.88. The lowest BCUT2D eigenvalue weighted by Gasteiger charge is -2.14. The van der Waals surface area contributed by atoms with Crippen molar-refractivity contribution in [3.05, 3.63) is 24.3 Å². The zero-order valence-electron chi connectivity index (χ0n) is 11.7. The number of hydrogen-bond donors (Lipinski definition) is 4. The van der Waals surface area contributed by atoms with Crippen LogP contribution < -0.4 is 26.2 Å². The van der Waals surface area contributed by atoms with E-state index < -0.39 is 0 Å². The molecule has 5 nitrogen and oxygen atoms in total. The van der Waals surface area contributed by atoms with Crippen molar-refractivity contribution < 1.29 is 4.74 Å². The van der Waals surface area contributed by atoms with Crippen LogP contribution in [0.5, 0.6) is 5.75 Å². The van der Waals surface area contributed by atoms with E-state index in [1.807, 2.05) is 24.3 Å². The monoisotopic (exact) mass is 312 g/mol. The van der Waals surface area contributed by atoms with Crippen LogP contribution in [0.15, 0.2) is 24.3 Å². The van der Waals surface area contributed by atoms with Gasteiger partial charge in [-0.05, 0) is 43.0 Å². The van der Waals surface area contributed by atoms with Gasteiger partial charge in [-0.3, -0.25) is 10.9 Å². The molecule has 0 aliphatic rings. The molecule has 110 valence electrons. The zero-order chi connectivity index (χ0) is 14.8. The third-order valence-electron chi connectivity index (χ3n) is 2.43. The molecule has 7 heteroatoms. The Morgan fingerprint density at radius 1 is 1.20 bits per heavy atom. The van der Waals surface area contributed by atoms with Gasteiger partial charge in [0.15, 0.2) is 10.2 Å². The quantitative estimate of drug-likeness (QED) is 0.378. The van der Waals surface area contributed by atoms with E-state index in [1.54, 1.807) is 7.11 Å². The van der Waals surface area contributed by atoms with E-state index in [-0.39, 0.29) is 0 Å². The van der Waals surface area contributed by atoms with Crippen molar-refractivity contribution in [1.29, 1.82) is 0 Å². The molecule has 0 fully saturated rings. The largest absolute Gasteiger partial charge is 0.497 e. The summed E-state index contributed by atoms with van der Waals surface area (Å²) in [5.41, 5.74) is 6.49. The number of unbranched alkanes of at least 4 members (excludes halogenated alkanes) is 1. The van der Waals surface area contributed by atoms with E-state index in [2.05, 4.69) is 28.4 Å². The molecule has 1 aromatic carbocycles. The average molecular weight is 312 g/mol. The fraction of sp³-hybridized carbons (Fsp3) is 0.385. The molecule has 1 rings (SSSR count). The summed E-state index contributed by atoms with van der Waals surface area (Å²) in [6, 6.07) is 7.50. The lowest BCUT2D eigenvalue weighted by molar-refractivity contribution is 0.415. The second kappa shape index (κ2) is 9.33. The fourth-order valence-electron chi connectivity index (χ4n) is 1.40. The van der Waals surface area contributed by atoms with Crippen molar-refractivity contribution in [1.82, 2.24) is 16.2 Å². The lowest BCUT2D eigenvalue weighted by atomic mass is 10.3. The molecule has 0 saturated heterocycles. The summed E-state index contributed by atoms with van der Waals surface area (Å²) in [6.45, 7) is 2.98. The maximum Gasteiger partial charge on any atom is 0.189 e. The molecule has 0 amide bonds. The van der Waals surface area contributed by atoms with E-state index in [0.29, 0.717) is 10.2 Å². The summed E-state index contributed by atoms with van der Waals surface area (Å²) >= 11 is 10.3. The van der Waals surface area contributed by atoms with Crippen LogP contribution in [-0.2, 0) is 0 Å². The highest BCUT2D eigenvalue weighted by Gasteiger charge is 2.00. The van der Waals surface area contributed by atoms with Crippen molar-refractivity contribution in [2.24, 2.45) is 0 Å². The Bertz CT molecular complexity index is 454. The Labute approximate surface area is 130 Å². The highest BCUT2D eigenvalue weighted by molar-refractivity contribution is 7.80. The van der Waals surface area contributed by atoms with Gasteiger partial charge in [-0.15, -0.1) is 0 Å². The molecule has 4 N–H and O–H groups in total. The Morgan fingerprint density at radius 3 is 2.65 bits per heavy atom. The van der Waals surface area contributed by atoms with Crippen molar-refractivity contribution in [2.45, 2.75) is 19.8 Å². The molecule has 20 heavy (non-hydrogen) atoms. The van der Waals surface area contributed by atoms with Gasteiger partial charge in [0.1, 0.15) is 5.75 Å². The van der Waals surface area contributed by atoms with Gasteiger partial charge in [0.05, 0.1) is 7.11 Å². The summed E-state index contributed by atoms with van der Waals surface area (Å²) in [5, 5.41) is 7.05. The highest BCUT2D eigenvalue weighted by Crippen LogP contribution is 2.16. The second-order valence-corrected chi connectivity index (χ2v) is 4.86. The molecule has 0 aliphatic carbocycles. The van der Waals surface area contributed by atoms with Crippen LogP contribution in [-0.4, -0.2) is 23.9 Å². The van der Waals surface area contributed by atoms with Gasteiger partial charge >= 0.3 is 0 Å². The van der Waals surface area contributed by atoms with Crippen LogP contribution in [0.4, 0.5) is 5.69 Å². The van der Waals surface area contributed by atoms with Crippen molar-refractivity contribution in [3.8, 4) is 5.75 Å². The Hall–Kier alpha value is -1.60. The molecular weight excluding hydrogens is 292 g/mol. The molecule has 0 aliphatic heterocycles. The van der Waals surface area contributed by atoms with E-state index in [1.165, 1.54) is 0 Å². The average Bonchev–Trinajstić information content (AvgIpc) is 2.45. The highest BCUT2D eigenvalue weighted by atomic mass is 32.1. The SMILES string of the molecule is CCCCNC(=S)NNC(=S)Nc1cccc(OC)c1. The lowest BCUT2D eigenvalue weighted by Crippen LogP contribution is -2.48. The maximum atomic E-state index is 5.16. The first-order valence-corrected chi connectivity index (χ1v) is 7.22. The van der Waals surface area contributed by atoms with Crippen molar-refractivity contribution in [2.75, 3.05) is 19.0 Å². The second-order valence-electron chi connectivity index (χ2n) is 4.05. The van der Waals surface area contributed by atoms with Gasteiger partial charge in [0.2, 0.25) is 0 Å². The van der Waals surface area contributed by atoms with Crippen LogP contribution in [0.3, 0.4) is 0 Å². The topological polar surface area (TPSA) is 57.3 Å². The minimum absolute atomic E-state index is 0.429. The predicted octanol–water partition coefficient (Wildman–Crippen LogP) is 2.16. The molecule has 0 heterocycles. The number of anilines is 1. The Balaban J connectivity index is 2.30. The number of thiocarbonyl (C=S) groups is 2. The minimum atomic E-state index is 0.429. The summed E-state index contributed by atoms with van der Waals surface area (Å²) in [5.74, 6) is 0.766. The first kappa shape index (κ1) is 16.5. The predicted molar refractivity (Wildman–Crippen MR) is 91.0 cm³/mol. The fourth-order valence-corrected chi connectivity index (χ4v) is 1.72. The minimum Gasteiger partial charge on any atom is -0.497 e. The number of hydrogen-bond acceptors (Lipinski definition) is 3. The van der Waals surface area contributed by atoms with E-state index in [9.17, 15) is 0 Å². The maximum absolute atomic E-state index is 5.16. The van der Waals surface area contributed by atoms with Crippen LogP contribution in [0, 0.1) is 0 Å². The van der Waals surface area contributed by atoms with Gasteiger partial charge in [-0.25, -0.2) is 0 Å². The smallest absolute Gasteiger partial charge is 0.189 e. The van der Waals surface area contributed by atoms with E-state index in [4.69, 9.17) is 29.2 Å². The van der Waals surface area contributed by atoms with Gasteiger partial charge in [-0.1, -0.05) is 19.4 Å². The van der Waals surface area contributed by atoms with Crippen LogP contribution in [0.25, 0.3) is 0 Å². The molecule has 1 aromatic rings. The van der Waals surface area contributed by atoms with Gasteiger partial charge in [0, 0.05) is 18.3 Å². The normalized spacial score (nSPS) is 9.50. The Morgan fingerprint density at radius 2 is 1.95 bits per heavy atom. The molecule has 0 radical (unpaired) electrons. The van der Waals surface area contributed by atoms with Crippen LogP contribution >= 0.6 is 24.4 Å². The third kappa shape index (κ3) is 6.53. The summed E-state index contributed by atoms with van der Waals surface area (Å²) < 4.78 is 5.14. The molecule has 0 unspecified atom stereocenters. The number of nitrogens with one attached hydrogen (secondary N) is 4. The van der Waals surface area contributed by atoms with Crippen molar-refractivity contribution >= 4 is 40.3 Å². The summed E-state index contributed by atoms with van der Waals surface area (Å²) in [7, 11) is 1.62. The number of methoxy groups -OCH3 is 1.